The lowest BCUT2D eigenvalue weighted by atomic mass is 9.82. The molecule has 0 saturated carbocycles. The lowest BCUT2D eigenvalue weighted by Gasteiger charge is -2.18. The van der Waals surface area contributed by atoms with Gasteiger partial charge >= 0.3 is 5.97 Å². The van der Waals surface area contributed by atoms with Crippen molar-refractivity contribution in [3.05, 3.63) is 64.7 Å². The van der Waals surface area contributed by atoms with Crippen LogP contribution in [-0.2, 0) is 19.2 Å². The SMILES string of the molecule is CC1=CC[C@@H]2C(=O)N(c3ccc(OC(=O)[C@@H]4CC(=O)N(c5ccc(C)c(Cl)c5)C4)cc3)C(=O)[C@@H]2C1. The maximum absolute atomic E-state index is 12.9. The number of rotatable bonds is 4. The van der Waals surface area contributed by atoms with Crippen LogP contribution in [0.3, 0.4) is 0 Å². The van der Waals surface area contributed by atoms with Crippen molar-refractivity contribution in [2.75, 3.05) is 16.3 Å². The lowest BCUT2D eigenvalue weighted by Crippen LogP contribution is -2.30. The molecule has 0 bridgehead atoms. The van der Waals surface area contributed by atoms with Crippen molar-refractivity contribution in [3.8, 4) is 5.75 Å². The van der Waals surface area contributed by atoms with Gasteiger partial charge in [0.05, 0.1) is 23.4 Å². The number of aryl methyl sites for hydroxylation is 1. The van der Waals surface area contributed by atoms with Gasteiger partial charge in [-0.25, -0.2) is 0 Å². The average molecular weight is 493 g/mol. The molecule has 7 nitrogen and oxygen atoms in total. The Morgan fingerprint density at radius 3 is 2.34 bits per heavy atom. The number of amides is 3. The van der Waals surface area contributed by atoms with Crippen molar-refractivity contribution < 1.29 is 23.9 Å². The predicted molar refractivity (Wildman–Crippen MR) is 131 cm³/mol. The van der Waals surface area contributed by atoms with E-state index in [0.717, 1.165) is 11.1 Å². The number of carbonyl (C=O) groups is 4. The van der Waals surface area contributed by atoms with Crippen molar-refractivity contribution in [3.63, 3.8) is 0 Å². The summed E-state index contributed by atoms with van der Waals surface area (Å²) in [6.07, 6.45) is 3.27. The summed E-state index contributed by atoms with van der Waals surface area (Å²) in [5.41, 5.74) is 3.15. The zero-order chi connectivity index (χ0) is 24.9. The van der Waals surface area contributed by atoms with E-state index in [1.807, 2.05) is 26.0 Å². The second-order valence-corrected chi connectivity index (χ2v) is 9.88. The fourth-order valence-electron chi connectivity index (χ4n) is 5.02. The molecule has 2 saturated heterocycles. The van der Waals surface area contributed by atoms with Gasteiger partial charge in [0.1, 0.15) is 5.75 Å². The molecule has 3 aliphatic rings. The van der Waals surface area contributed by atoms with Crippen molar-refractivity contribution in [2.24, 2.45) is 17.8 Å². The quantitative estimate of drug-likeness (QED) is 0.272. The van der Waals surface area contributed by atoms with Gasteiger partial charge in [-0.1, -0.05) is 29.3 Å². The minimum atomic E-state index is -0.608. The third-order valence-electron chi connectivity index (χ3n) is 7.06. The van der Waals surface area contributed by atoms with E-state index in [0.29, 0.717) is 29.2 Å². The Labute approximate surface area is 208 Å². The third-order valence-corrected chi connectivity index (χ3v) is 7.47. The van der Waals surface area contributed by atoms with Crippen LogP contribution in [0.25, 0.3) is 0 Å². The summed E-state index contributed by atoms with van der Waals surface area (Å²) in [6, 6.07) is 11.7. The number of anilines is 2. The van der Waals surface area contributed by atoms with Crippen LogP contribution < -0.4 is 14.5 Å². The Morgan fingerprint density at radius 2 is 1.63 bits per heavy atom. The number of ether oxygens (including phenoxy) is 1. The Hall–Kier alpha value is -3.45. The molecule has 2 aromatic carbocycles. The highest BCUT2D eigenvalue weighted by Crippen LogP contribution is 2.40. The van der Waals surface area contributed by atoms with Gasteiger partial charge < -0.3 is 9.64 Å². The van der Waals surface area contributed by atoms with Crippen LogP contribution >= 0.6 is 11.6 Å². The zero-order valence-electron chi connectivity index (χ0n) is 19.5. The fraction of sp³-hybridized carbons (Fsp3) is 0.333. The van der Waals surface area contributed by atoms with Crippen molar-refractivity contribution in [2.45, 2.75) is 33.1 Å². The molecule has 3 amide bonds. The van der Waals surface area contributed by atoms with Crippen molar-refractivity contribution in [1.29, 1.82) is 0 Å². The van der Waals surface area contributed by atoms with Gasteiger partial charge in [0.2, 0.25) is 17.7 Å². The minimum Gasteiger partial charge on any atom is -0.426 e. The topological polar surface area (TPSA) is 84.0 Å². The molecule has 0 aromatic heterocycles. The highest BCUT2D eigenvalue weighted by Gasteiger charge is 2.48. The van der Waals surface area contributed by atoms with Gasteiger partial charge in [0.15, 0.2) is 0 Å². The molecule has 2 aromatic rings. The van der Waals surface area contributed by atoms with E-state index in [2.05, 4.69) is 0 Å². The fourth-order valence-corrected chi connectivity index (χ4v) is 5.19. The number of imide groups is 1. The average Bonchev–Trinajstić information content (AvgIpc) is 3.34. The number of esters is 1. The van der Waals surface area contributed by atoms with Crippen LogP contribution in [0.5, 0.6) is 5.75 Å². The Morgan fingerprint density at radius 1 is 0.943 bits per heavy atom. The Kier molecular flexibility index (Phi) is 5.97. The summed E-state index contributed by atoms with van der Waals surface area (Å²) in [5, 5.41) is 0.557. The summed E-state index contributed by atoms with van der Waals surface area (Å²) in [5.74, 6) is -1.98. The van der Waals surface area contributed by atoms with Gasteiger partial charge in [-0.15, -0.1) is 0 Å². The molecule has 5 rings (SSSR count). The summed E-state index contributed by atoms with van der Waals surface area (Å²) in [4.78, 5) is 53.8. The van der Waals surface area contributed by atoms with E-state index < -0.39 is 11.9 Å². The summed E-state index contributed by atoms with van der Waals surface area (Å²) in [7, 11) is 0. The van der Waals surface area contributed by atoms with Gasteiger partial charge in [-0.05, 0) is 68.7 Å². The van der Waals surface area contributed by atoms with Crippen LogP contribution in [0.2, 0.25) is 5.02 Å². The van der Waals surface area contributed by atoms with E-state index in [4.69, 9.17) is 16.3 Å². The Balaban J connectivity index is 1.24. The van der Waals surface area contributed by atoms with Gasteiger partial charge in [-0.2, -0.15) is 0 Å². The molecular formula is C27H25ClN2O5. The first-order valence-electron chi connectivity index (χ1n) is 11.6. The zero-order valence-corrected chi connectivity index (χ0v) is 20.2. The molecule has 2 aliphatic heterocycles. The van der Waals surface area contributed by atoms with Crippen molar-refractivity contribution in [1.82, 2.24) is 0 Å². The molecule has 0 radical (unpaired) electrons. The normalized spacial score (nSPS) is 24.0. The van der Waals surface area contributed by atoms with Crippen LogP contribution in [0.4, 0.5) is 11.4 Å². The maximum Gasteiger partial charge on any atom is 0.316 e. The molecule has 2 heterocycles. The van der Waals surface area contributed by atoms with Gasteiger partial charge in [-0.3, -0.25) is 24.1 Å². The molecule has 180 valence electrons. The van der Waals surface area contributed by atoms with Gasteiger partial charge in [0.25, 0.3) is 0 Å². The highest BCUT2D eigenvalue weighted by atomic mass is 35.5. The number of benzene rings is 2. The number of nitrogens with zero attached hydrogens (tertiary/aromatic N) is 2. The number of carbonyl (C=O) groups excluding carboxylic acids is 4. The molecule has 2 fully saturated rings. The van der Waals surface area contributed by atoms with E-state index in [1.54, 1.807) is 41.3 Å². The van der Waals surface area contributed by atoms with E-state index >= 15 is 0 Å². The predicted octanol–water partition coefficient (Wildman–Crippen LogP) is 4.45. The smallest absolute Gasteiger partial charge is 0.316 e. The van der Waals surface area contributed by atoms with E-state index in [1.165, 1.54) is 4.90 Å². The molecule has 8 heteroatoms. The molecular weight excluding hydrogens is 468 g/mol. The molecule has 0 spiro atoms. The number of hydrogen-bond acceptors (Lipinski definition) is 5. The first kappa shape index (κ1) is 23.3. The van der Waals surface area contributed by atoms with Crippen LogP contribution in [0, 0.1) is 24.7 Å². The molecule has 0 N–H and O–H groups in total. The monoisotopic (exact) mass is 492 g/mol. The number of fused-ring (bicyclic) bond motifs is 1. The molecule has 0 unspecified atom stereocenters. The second-order valence-electron chi connectivity index (χ2n) is 9.47. The first-order chi connectivity index (χ1) is 16.7. The Bertz CT molecular complexity index is 1270. The number of halogens is 1. The lowest BCUT2D eigenvalue weighted by molar-refractivity contribution is -0.139. The number of hydrogen-bond donors (Lipinski definition) is 0. The molecule has 3 atom stereocenters. The number of allylic oxidation sites excluding steroid dienone is 2. The largest absolute Gasteiger partial charge is 0.426 e. The highest BCUT2D eigenvalue weighted by molar-refractivity contribution is 6.31. The molecule has 1 aliphatic carbocycles. The first-order valence-corrected chi connectivity index (χ1v) is 12.0. The van der Waals surface area contributed by atoms with Crippen LogP contribution in [0.1, 0.15) is 31.7 Å². The standard InChI is InChI=1S/C27H25ClN2O5/c1-15-3-10-21-22(11-15)26(33)30(25(21)32)18-6-8-20(9-7-18)35-27(34)17-12-24(31)29(14-17)19-5-4-16(2)23(28)13-19/h3-9,13,17,21-22H,10-12,14H2,1-2H3/t17-,21+,22-/m1/s1. The minimum absolute atomic E-state index is 0.0510. The summed E-state index contributed by atoms with van der Waals surface area (Å²) < 4.78 is 5.51. The van der Waals surface area contributed by atoms with Crippen molar-refractivity contribution >= 4 is 46.7 Å². The molecule has 35 heavy (non-hydrogen) atoms. The van der Waals surface area contributed by atoms with E-state index in [9.17, 15) is 19.2 Å². The summed E-state index contributed by atoms with van der Waals surface area (Å²) in [6.45, 7) is 4.07. The second kappa shape index (κ2) is 8.96. The maximum atomic E-state index is 12.9. The summed E-state index contributed by atoms with van der Waals surface area (Å²) >= 11 is 6.19. The third kappa shape index (κ3) is 4.25. The van der Waals surface area contributed by atoms with Crippen LogP contribution in [0.15, 0.2) is 54.1 Å². The van der Waals surface area contributed by atoms with E-state index in [-0.39, 0.29) is 48.3 Å². The van der Waals surface area contributed by atoms with Crippen LogP contribution in [-0.4, -0.2) is 30.2 Å². The van der Waals surface area contributed by atoms with Gasteiger partial charge in [0, 0.05) is 23.7 Å².